The zero-order valence-corrected chi connectivity index (χ0v) is 11.1. The predicted molar refractivity (Wildman–Crippen MR) is 67.2 cm³/mol. The number of hydrogen-bond acceptors (Lipinski definition) is 2. The molecule has 1 heterocycles. The summed E-state index contributed by atoms with van der Waals surface area (Å²) in [5.41, 5.74) is 1.82. The molecule has 0 aliphatic heterocycles. The van der Waals surface area contributed by atoms with Crippen molar-refractivity contribution in [2.24, 2.45) is 0 Å². The fourth-order valence-electron chi connectivity index (χ4n) is 1.68. The first-order valence-electron chi connectivity index (χ1n) is 5.15. The van der Waals surface area contributed by atoms with Crippen molar-refractivity contribution in [3.8, 4) is 5.75 Å². The van der Waals surface area contributed by atoms with Crippen LogP contribution in [0.3, 0.4) is 0 Å². The summed E-state index contributed by atoms with van der Waals surface area (Å²) < 4.78 is 23.7. The summed E-state index contributed by atoms with van der Waals surface area (Å²) in [6.07, 6.45) is 1.62. The molecule has 1 atom stereocenters. The van der Waals surface area contributed by atoms with Gasteiger partial charge in [-0.25, -0.2) is 4.39 Å². The number of hydrogen-bond donors (Lipinski definition) is 0. The van der Waals surface area contributed by atoms with E-state index in [4.69, 9.17) is 9.15 Å². The summed E-state index contributed by atoms with van der Waals surface area (Å²) in [5.74, 6) is 0.705. The van der Waals surface area contributed by atoms with Crippen LogP contribution >= 0.6 is 15.9 Å². The Kier molecular flexibility index (Phi) is 3.52. The Hall–Kier alpha value is -1.29. The van der Waals surface area contributed by atoms with Gasteiger partial charge in [-0.15, -0.1) is 0 Å². The monoisotopic (exact) mass is 298 g/mol. The van der Waals surface area contributed by atoms with Crippen LogP contribution in [0.5, 0.6) is 5.75 Å². The van der Waals surface area contributed by atoms with Gasteiger partial charge < -0.3 is 9.15 Å². The molecule has 0 spiro atoms. The molecule has 2 rings (SSSR count). The van der Waals surface area contributed by atoms with E-state index in [2.05, 4.69) is 15.9 Å². The third kappa shape index (κ3) is 2.36. The quantitative estimate of drug-likeness (QED) is 0.792. The van der Waals surface area contributed by atoms with Crippen molar-refractivity contribution in [3.63, 3.8) is 0 Å². The Balaban J connectivity index is 2.35. The maximum absolute atomic E-state index is 13.6. The van der Waals surface area contributed by atoms with E-state index in [0.717, 1.165) is 16.9 Å². The van der Waals surface area contributed by atoms with Gasteiger partial charge in [0.1, 0.15) is 5.76 Å². The second kappa shape index (κ2) is 4.92. The molecule has 4 heteroatoms. The molecule has 0 saturated heterocycles. The van der Waals surface area contributed by atoms with Crippen LogP contribution < -0.4 is 4.74 Å². The fraction of sp³-hybridized carbons (Fsp3) is 0.231. The van der Waals surface area contributed by atoms with Gasteiger partial charge in [0, 0.05) is 5.56 Å². The molecule has 2 aromatic rings. The minimum Gasteiger partial charge on any atom is -0.494 e. The maximum Gasteiger partial charge on any atom is 0.165 e. The molecule has 2 nitrogen and oxygen atoms in total. The van der Waals surface area contributed by atoms with Crippen molar-refractivity contribution in [3.05, 3.63) is 53.2 Å². The van der Waals surface area contributed by atoms with Crippen molar-refractivity contribution in [1.82, 2.24) is 0 Å². The molecule has 17 heavy (non-hydrogen) atoms. The number of halogens is 2. The number of methoxy groups -OCH3 is 1. The first-order valence-corrected chi connectivity index (χ1v) is 6.06. The highest BCUT2D eigenvalue weighted by atomic mass is 79.9. The molecule has 1 aromatic carbocycles. The SMILES string of the molecule is COc1ccc(C(Br)c2ccoc2C)cc1F. The molecule has 0 fully saturated rings. The highest BCUT2D eigenvalue weighted by molar-refractivity contribution is 9.09. The Bertz CT molecular complexity index is 522. The zero-order chi connectivity index (χ0) is 12.4. The topological polar surface area (TPSA) is 22.4 Å². The van der Waals surface area contributed by atoms with Crippen LogP contribution in [0, 0.1) is 12.7 Å². The van der Waals surface area contributed by atoms with Gasteiger partial charge in [0.25, 0.3) is 0 Å². The van der Waals surface area contributed by atoms with E-state index >= 15 is 0 Å². The number of rotatable bonds is 3. The van der Waals surface area contributed by atoms with E-state index in [-0.39, 0.29) is 16.4 Å². The summed E-state index contributed by atoms with van der Waals surface area (Å²) >= 11 is 3.54. The van der Waals surface area contributed by atoms with Crippen molar-refractivity contribution in [2.75, 3.05) is 7.11 Å². The molecule has 90 valence electrons. The van der Waals surface area contributed by atoms with Crippen molar-refractivity contribution < 1.29 is 13.5 Å². The van der Waals surface area contributed by atoms with Gasteiger partial charge >= 0.3 is 0 Å². The van der Waals surface area contributed by atoms with Crippen LogP contribution in [0.25, 0.3) is 0 Å². The maximum atomic E-state index is 13.6. The highest BCUT2D eigenvalue weighted by Gasteiger charge is 2.16. The highest BCUT2D eigenvalue weighted by Crippen LogP contribution is 2.34. The molecule has 1 aromatic heterocycles. The molecule has 0 amide bonds. The van der Waals surface area contributed by atoms with E-state index in [0.29, 0.717) is 0 Å². The molecule has 1 unspecified atom stereocenters. The Morgan fingerprint density at radius 3 is 2.65 bits per heavy atom. The smallest absolute Gasteiger partial charge is 0.165 e. The Labute approximate surface area is 108 Å². The normalized spacial score (nSPS) is 12.5. The van der Waals surface area contributed by atoms with Gasteiger partial charge in [-0.05, 0) is 30.7 Å². The molecular formula is C13H12BrFO2. The largest absolute Gasteiger partial charge is 0.494 e. The van der Waals surface area contributed by atoms with Crippen LogP contribution in [0.1, 0.15) is 21.7 Å². The van der Waals surface area contributed by atoms with E-state index < -0.39 is 0 Å². The lowest BCUT2D eigenvalue weighted by atomic mass is 10.1. The minimum absolute atomic E-state index is 0.0818. The zero-order valence-electron chi connectivity index (χ0n) is 9.54. The number of aryl methyl sites for hydroxylation is 1. The van der Waals surface area contributed by atoms with Crippen molar-refractivity contribution in [2.45, 2.75) is 11.8 Å². The minimum atomic E-state index is -0.365. The molecule has 0 aliphatic carbocycles. The van der Waals surface area contributed by atoms with Crippen LogP contribution in [0.2, 0.25) is 0 Å². The number of benzene rings is 1. The van der Waals surface area contributed by atoms with Gasteiger partial charge in [0.2, 0.25) is 0 Å². The lowest BCUT2D eigenvalue weighted by Gasteiger charge is -2.10. The second-order valence-electron chi connectivity index (χ2n) is 3.69. The Morgan fingerprint density at radius 1 is 1.35 bits per heavy atom. The molecule has 0 aliphatic rings. The molecular weight excluding hydrogens is 287 g/mol. The summed E-state index contributed by atoms with van der Waals surface area (Å²) in [4.78, 5) is -0.0818. The van der Waals surface area contributed by atoms with E-state index in [1.807, 2.05) is 19.1 Å². The van der Waals surface area contributed by atoms with E-state index in [9.17, 15) is 4.39 Å². The first kappa shape index (κ1) is 12.2. The average molecular weight is 299 g/mol. The van der Waals surface area contributed by atoms with Gasteiger partial charge in [-0.2, -0.15) is 0 Å². The summed E-state index contributed by atoms with van der Waals surface area (Å²) in [6.45, 7) is 1.88. The third-order valence-corrected chi connectivity index (χ3v) is 3.66. The molecule has 0 bridgehead atoms. The van der Waals surface area contributed by atoms with Gasteiger partial charge in [0.05, 0.1) is 18.2 Å². The lowest BCUT2D eigenvalue weighted by molar-refractivity contribution is 0.386. The summed E-state index contributed by atoms with van der Waals surface area (Å²) in [7, 11) is 1.45. The van der Waals surface area contributed by atoms with Crippen LogP contribution in [0.4, 0.5) is 4.39 Å². The summed E-state index contributed by atoms with van der Waals surface area (Å²) in [6, 6.07) is 6.78. The van der Waals surface area contributed by atoms with Gasteiger partial charge in [-0.1, -0.05) is 22.0 Å². The third-order valence-electron chi connectivity index (χ3n) is 2.64. The van der Waals surface area contributed by atoms with E-state index in [1.54, 1.807) is 12.3 Å². The van der Waals surface area contributed by atoms with Crippen LogP contribution in [-0.2, 0) is 0 Å². The van der Waals surface area contributed by atoms with Crippen molar-refractivity contribution in [1.29, 1.82) is 0 Å². The first-order chi connectivity index (χ1) is 8.13. The van der Waals surface area contributed by atoms with E-state index in [1.165, 1.54) is 13.2 Å². The number of alkyl halides is 1. The standard InChI is InChI=1S/C13H12BrFO2/c1-8-10(5-6-17-8)13(14)9-3-4-12(16-2)11(15)7-9/h3-7,13H,1-2H3. The Morgan fingerprint density at radius 2 is 2.12 bits per heavy atom. The molecule has 0 radical (unpaired) electrons. The predicted octanol–water partition coefficient (Wildman–Crippen LogP) is 4.22. The van der Waals surface area contributed by atoms with Gasteiger partial charge in [-0.3, -0.25) is 0 Å². The van der Waals surface area contributed by atoms with Gasteiger partial charge in [0.15, 0.2) is 11.6 Å². The lowest BCUT2D eigenvalue weighted by Crippen LogP contribution is -1.95. The number of ether oxygens (including phenoxy) is 1. The van der Waals surface area contributed by atoms with Crippen LogP contribution in [-0.4, -0.2) is 7.11 Å². The number of furan rings is 1. The summed E-state index contributed by atoms with van der Waals surface area (Å²) in [5, 5.41) is 0. The second-order valence-corrected chi connectivity index (χ2v) is 4.60. The average Bonchev–Trinajstić information content (AvgIpc) is 2.74. The molecule has 0 saturated carbocycles. The fourth-order valence-corrected chi connectivity index (χ4v) is 2.44. The van der Waals surface area contributed by atoms with Crippen molar-refractivity contribution >= 4 is 15.9 Å². The van der Waals surface area contributed by atoms with Crippen LogP contribution in [0.15, 0.2) is 34.9 Å². The molecule has 0 N–H and O–H groups in total.